The van der Waals surface area contributed by atoms with Gasteiger partial charge in [0.15, 0.2) is 0 Å². The standard InChI is InChI=1S/C19H32N6O/c1-14(24-11-9-23(4)10-12-24)5-7-20-19-17-6-8-25(16(3)26)13-18(17)21-15(2)22-19/h14H,5-13H2,1-4H3,(H,20,21,22)/t14-/m1/s1. The van der Waals surface area contributed by atoms with E-state index in [9.17, 15) is 4.79 Å². The van der Waals surface area contributed by atoms with Crippen molar-refractivity contribution >= 4 is 11.7 Å². The summed E-state index contributed by atoms with van der Waals surface area (Å²) in [6.45, 7) is 12.7. The number of anilines is 1. The fourth-order valence-corrected chi connectivity index (χ4v) is 3.81. The van der Waals surface area contributed by atoms with Crippen molar-refractivity contribution in [3.63, 3.8) is 0 Å². The molecule has 0 spiro atoms. The van der Waals surface area contributed by atoms with Crippen LogP contribution in [0, 0.1) is 6.92 Å². The Morgan fingerprint density at radius 2 is 1.92 bits per heavy atom. The van der Waals surface area contributed by atoms with Crippen LogP contribution in [-0.4, -0.2) is 82.9 Å². The van der Waals surface area contributed by atoms with E-state index in [0.717, 1.165) is 69.4 Å². The topological polar surface area (TPSA) is 64.6 Å². The van der Waals surface area contributed by atoms with Gasteiger partial charge in [-0.25, -0.2) is 9.97 Å². The Balaban J connectivity index is 1.58. The molecule has 3 heterocycles. The highest BCUT2D eigenvalue weighted by molar-refractivity contribution is 5.73. The molecule has 1 fully saturated rings. The first-order valence-electron chi connectivity index (χ1n) is 9.72. The number of amides is 1. The molecule has 0 aliphatic carbocycles. The van der Waals surface area contributed by atoms with Gasteiger partial charge in [-0.3, -0.25) is 9.69 Å². The van der Waals surface area contributed by atoms with Crippen LogP contribution in [0.1, 0.15) is 37.4 Å². The minimum atomic E-state index is 0.113. The second-order valence-electron chi connectivity index (χ2n) is 7.64. The molecule has 7 nitrogen and oxygen atoms in total. The molecule has 3 rings (SSSR count). The van der Waals surface area contributed by atoms with Crippen LogP contribution in [0.5, 0.6) is 0 Å². The Morgan fingerprint density at radius 3 is 2.62 bits per heavy atom. The summed E-state index contributed by atoms with van der Waals surface area (Å²) in [6.07, 6.45) is 1.92. The molecule has 0 unspecified atom stereocenters. The molecule has 1 N–H and O–H groups in total. The van der Waals surface area contributed by atoms with Crippen LogP contribution in [0.3, 0.4) is 0 Å². The van der Waals surface area contributed by atoms with E-state index in [4.69, 9.17) is 0 Å². The van der Waals surface area contributed by atoms with Crippen LogP contribution in [0.4, 0.5) is 5.82 Å². The predicted molar refractivity (Wildman–Crippen MR) is 103 cm³/mol. The van der Waals surface area contributed by atoms with Crippen molar-refractivity contribution in [1.82, 2.24) is 24.7 Å². The second kappa shape index (κ2) is 8.31. The van der Waals surface area contributed by atoms with E-state index in [1.54, 1.807) is 6.92 Å². The first kappa shape index (κ1) is 19.0. The van der Waals surface area contributed by atoms with E-state index < -0.39 is 0 Å². The summed E-state index contributed by atoms with van der Waals surface area (Å²) >= 11 is 0. The first-order valence-corrected chi connectivity index (χ1v) is 9.72. The summed E-state index contributed by atoms with van der Waals surface area (Å²) in [7, 11) is 2.19. The molecular formula is C19H32N6O. The molecule has 0 radical (unpaired) electrons. The molecule has 1 aromatic rings. The Hall–Kier alpha value is -1.73. The van der Waals surface area contributed by atoms with Gasteiger partial charge in [-0.1, -0.05) is 0 Å². The highest BCUT2D eigenvalue weighted by atomic mass is 16.2. The number of rotatable bonds is 5. The number of aromatic nitrogens is 2. The molecular weight excluding hydrogens is 328 g/mol. The Bertz CT molecular complexity index is 641. The fraction of sp³-hybridized carbons (Fsp3) is 0.737. The molecule has 1 atom stereocenters. The van der Waals surface area contributed by atoms with Crippen molar-refractivity contribution in [2.24, 2.45) is 0 Å². The highest BCUT2D eigenvalue weighted by Crippen LogP contribution is 2.24. The van der Waals surface area contributed by atoms with Crippen molar-refractivity contribution in [2.75, 3.05) is 51.6 Å². The molecule has 1 amide bonds. The molecule has 2 aliphatic heterocycles. The predicted octanol–water partition coefficient (Wildman–Crippen LogP) is 1.13. The number of aryl methyl sites for hydroxylation is 1. The SMILES string of the molecule is CC(=O)N1CCc2c(nc(C)nc2NCC[C@@H](C)N2CCN(C)CC2)C1. The summed E-state index contributed by atoms with van der Waals surface area (Å²) in [5.74, 6) is 1.84. The van der Waals surface area contributed by atoms with Gasteiger partial charge in [0.2, 0.25) is 5.91 Å². The third-order valence-corrected chi connectivity index (χ3v) is 5.64. The van der Waals surface area contributed by atoms with Crippen LogP contribution in [0.2, 0.25) is 0 Å². The van der Waals surface area contributed by atoms with Gasteiger partial charge in [0.05, 0.1) is 12.2 Å². The molecule has 1 saturated heterocycles. The van der Waals surface area contributed by atoms with E-state index in [0.29, 0.717) is 12.6 Å². The highest BCUT2D eigenvalue weighted by Gasteiger charge is 2.23. The molecule has 0 saturated carbocycles. The Labute approximate surface area is 156 Å². The number of nitrogens with zero attached hydrogens (tertiary/aromatic N) is 5. The maximum absolute atomic E-state index is 11.7. The average molecular weight is 361 g/mol. The monoisotopic (exact) mass is 360 g/mol. The van der Waals surface area contributed by atoms with Crippen LogP contribution in [0.25, 0.3) is 0 Å². The second-order valence-corrected chi connectivity index (χ2v) is 7.64. The zero-order chi connectivity index (χ0) is 18.7. The van der Waals surface area contributed by atoms with Crippen molar-refractivity contribution in [3.05, 3.63) is 17.1 Å². The largest absolute Gasteiger partial charge is 0.370 e. The maximum atomic E-state index is 11.7. The van der Waals surface area contributed by atoms with Gasteiger partial charge in [-0.2, -0.15) is 0 Å². The van der Waals surface area contributed by atoms with E-state index >= 15 is 0 Å². The summed E-state index contributed by atoms with van der Waals surface area (Å²) in [4.78, 5) is 27.7. The first-order chi connectivity index (χ1) is 12.4. The lowest BCUT2D eigenvalue weighted by Gasteiger charge is -2.36. The minimum absolute atomic E-state index is 0.113. The van der Waals surface area contributed by atoms with Crippen LogP contribution < -0.4 is 5.32 Å². The van der Waals surface area contributed by atoms with Crippen molar-refractivity contribution < 1.29 is 4.79 Å². The number of piperazine rings is 1. The van der Waals surface area contributed by atoms with Gasteiger partial charge in [-0.05, 0) is 33.7 Å². The summed E-state index contributed by atoms with van der Waals surface area (Å²) in [5, 5.41) is 3.54. The van der Waals surface area contributed by atoms with E-state index in [2.05, 4.69) is 39.1 Å². The average Bonchev–Trinajstić information content (AvgIpc) is 2.61. The smallest absolute Gasteiger partial charge is 0.219 e. The van der Waals surface area contributed by atoms with Gasteiger partial charge in [-0.15, -0.1) is 0 Å². The lowest BCUT2D eigenvalue weighted by atomic mass is 10.0. The van der Waals surface area contributed by atoms with Crippen LogP contribution in [0.15, 0.2) is 0 Å². The number of carbonyl (C=O) groups excluding carboxylic acids is 1. The number of nitrogens with one attached hydrogen (secondary N) is 1. The molecule has 26 heavy (non-hydrogen) atoms. The van der Waals surface area contributed by atoms with E-state index in [1.165, 1.54) is 5.56 Å². The Kier molecular flexibility index (Phi) is 6.09. The number of carbonyl (C=O) groups is 1. The van der Waals surface area contributed by atoms with E-state index in [-0.39, 0.29) is 5.91 Å². The molecule has 2 aliphatic rings. The van der Waals surface area contributed by atoms with Crippen LogP contribution >= 0.6 is 0 Å². The summed E-state index contributed by atoms with van der Waals surface area (Å²) in [6, 6.07) is 0.572. The number of fused-ring (bicyclic) bond motifs is 1. The fourth-order valence-electron chi connectivity index (χ4n) is 3.81. The quantitative estimate of drug-likeness (QED) is 0.849. The van der Waals surface area contributed by atoms with Gasteiger partial charge >= 0.3 is 0 Å². The number of hydrogen-bond donors (Lipinski definition) is 1. The van der Waals surface area contributed by atoms with Crippen molar-refractivity contribution in [1.29, 1.82) is 0 Å². The number of likely N-dealkylation sites (N-methyl/N-ethyl adjacent to an activating group) is 1. The van der Waals surface area contributed by atoms with Gasteiger partial charge in [0.25, 0.3) is 0 Å². The third kappa shape index (κ3) is 4.51. The number of hydrogen-bond acceptors (Lipinski definition) is 6. The van der Waals surface area contributed by atoms with Gasteiger partial charge < -0.3 is 15.1 Å². The summed E-state index contributed by atoms with van der Waals surface area (Å²) < 4.78 is 0. The molecule has 144 valence electrons. The van der Waals surface area contributed by atoms with Gasteiger partial charge in [0.1, 0.15) is 11.6 Å². The van der Waals surface area contributed by atoms with Crippen LogP contribution in [-0.2, 0) is 17.8 Å². The molecule has 7 heteroatoms. The lowest BCUT2D eigenvalue weighted by molar-refractivity contribution is -0.129. The Morgan fingerprint density at radius 1 is 1.19 bits per heavy atom. The van der Waals surface area contributed by atoms with Crippen molar-refractivity contribution in [2.45, 2.75) is 46.2 Å². The third-order valence-electron chi connectivity index (χ3n) is 5.64. The zero-order valence-corrected chi connectivity index (χ0v) is 16.6. The minimum Gasteiger partial charge on any atom is -0.370 e. The zero-order valence-electron chi connectivity index (χ0n) is 16.6. The summed E-state index contributed by atoms with van der Waals surface area (Å²) in [5.41, 5.74) is 2.17. The molecule has 1 aromatic heterocycles. The lowest BCUT2D eigenvalue weighted by Crippen LogP contribution is -2.48. The normalized spacial score (nSPS) is 19.9. The van der Waals surface area contributed by atoms with Crippen molar-refractivity contribution in [3.8, 4) is 0 Å². The molecule has 0 aromatic carbocycles. The maximum Gasteiger partial charge on any atom is 0.219 e. The van der Waals surface area contributed by atoms with E-state index in [1.807, 2.05) is 11.8 Å². The van der Waals surface area contributed by atoms with Gasteiger partial charge in [0, 0.05) is 57.8 Å². The molecule has 0 bridgehead atoms.